The minimum atomic E-state index is -0.620. The van der Waals surface area contributed by atoms with E-state index in [-0.39, 0.29) is 11.6 Å². The van der Waals surface area contributed by atoms with Crippen LogP contribution in [0.15, 0.2) is 42.5 Å². The van der Waals surface area contributed by atoms with E-state index in [1.54, 1.807) is 14.2 Å². The van der Waals surface area contributed by atoms with Gasteiger partial charge in [-0.1, -0.05) is 39.3 Å². The van der Waals surface area contributed by atoms with Crippen molar-refractivity contribution in [3.63, 3.8) is 0 Å². The summed E-state index contributed by atoms with van der Waals surface area (Å²) in [7, 11) is 3.63. The van der Waals surface area contributed by atoms with Crippen molar-refractivity contribution < 1.29 is 28.3 Å². The van der Waals surface area contributed by atoms with Crippen molar-refractivity contribution in [3.05, 3.63) is 65.0 Å². The molecule has 34 heavy (non-hydrogen) atoms. The Kier molecular flexibility index (Phi) is 14.1. The van der Waals surface area contributed by atoms with Crippen LogP contribution in [0.3, 0.4) is 0 Å². The van der Waals surface area contributed by atoms with Crippen molar-refractivity contribution in [2.24, 2.45) is 0 Å². The average molecular weight is 476 g/mol. The lowest BCUT2D eigenvalue weighted by Gasteiger charge is -2.32. The monoisotopic (exact) mass is 476 g/mol. The minimum absolute atomic E-state index is 0.162. The molecular formula is C27H42BFO5. The largest absolute Gasteiger partial charge is 0.495 e. The Bertz CT molecular complexity index is 848. The second-order valence-electron chi connectivity index (χ2n) is 8.81. The number of ketones is 1. The van der Waals surface area contributed by atoms with Crippen LogP contribution in [0.2, 0.25) is 0 Å². The fraction of sp³-hybridized carbons (Fsp3) is 0.519. The first-order chi connectivity index (χ1) is 16.0. The first-order valence-corrected chi connectivity index (χ1v) is 11.6. The van der Waals surface area contributed by atoms with Gasteiger partial charge in [-0.3, -0.25) is 4.79 Å². The van der Waals surface area contributed by atoms with Crippen molar-refractivity contribution in [1.29, 1.82) is 0 Å². The third kappa shape index (κ3) is 8.62. The third-order valence-electron chi connectivity index (χ3n) is 5.38. The summed E-state index contributed by atoms with van der Waals surface area (Å²) in [4.78, 5) is 13.1. The molecule has 0 amide bonds. The molecule has 1 heterocycles. The second kappa shape index (κ2) is 15.0. The Balaban J connectivity index is 0.00000121. The van der Waals surface area contributed by atoms with Crippen LogP contribution in [0.4, 0.5) is 4.39 Å². The molecule has 1 N–H and O–H groups in total. The van der Waals surface area contributed by atoms with E-state index in [0.717, 1.165) is 19.1 Å². The predicted octanol–water partition coefficient (Wildman–Crippen LogP) is 5.21. The lowest BCUT2D eigenvalue weighted by atomic mass is 9.74. The zero-order chi connectivity index (χ0) is 26.5. The summed E-state index contributed by atoms with van der Waals surface area (Å²) in [6.07, 6.45) is 2.06. The minimum Gasteiger partial charge on any atom is -0.400 e. The maximum Gasteiger partial charge on any atom is 0.495 e. The van der Waals surface area contributed by atoms with E-state index in [4.69, 9.17) is 14.4 Å². The number of halogens is 1. The standard InChI is InChI=1S/C21H24BFO3.C3H8.C2H6O.CH4O/c1-6-14-7-12-18(22-25-20(2,3)21(4,5)26-22)17(13-14)19(24)15-8-10-16(23)11-9-15;2*1-3-2;1-2/h7-13H,6H2,1-5H3;3H2,1-2H3;1-2H3;2H,1H3. The fourth-order valence-electron chi connectivity index (χ4n) is 2.95. The smallest absolute Gasteiger partial charge is 0.400 e. The van der Waals surface area contributed by atoms with Gasteiger partial charge in [0.05, 0.1) is 11.2 Å². The number of hydrogen-bond donors (Lipinski definition) is 1. The molecule has 2 aromatic rings. The van der Waals surface area contributed by atoms with Crippen LogP contribution in [0, 0.1) is 5.82 Å². The number of carbonyl (C=O) groups is 1. The summed E-state index contributed by atoms with van der Waals surface area (Å²) < 4.78 is 29.7. The lowest BCUT2D eigenvalue weighted by Crippen LogP contribution is -2.41. The zero-order valence-corrected chi connectivity index (χ0v) is 22.5. The number of aliphatic hydroxyl groups excluding tert-OH is 1. The molecule has 7 heteroatoms. The molecule has 0 aromatic heterocycles. The van der Waals surface area contributed by atoms with Crippen molar-refractivity contribution >= 4 is 18.4 Å². The average Bonchev–Trinajstić information content (AvgIpc) is 3.02. The highest BCUT2D eigenvalue weighted by Gasteiger charge is 2.52. The summed E-state index contributed by atoms with van der Waals surface area (Å²) in [5.74, 6) is -0.528. The van der Waals surface area contributed by atoms with Gasteiger partial charge >= 0.3 is 7.12 Å². The van der Waals surface area contributed by atoms with Crippen molar-refractivity contribution in [2.45, 2.75) is 72.5 Å². The van der Waals surface area contributed by atoms with Gasteiger partial charge in [-0.15, -0.1) is 0 Å². The van der Waals surface area contributed by atoms with Crippen molar-refractivity contribution in [1.82, 2.24) is 0 Å². The summed E-state index contributed by atoms with van der Waals surface area (Å²) in [5, 5.41) is 7.00. The first-order valence-electron chi connectivity index (χ1n) is 11.6. The highest BCUT2D eigenvalue weighted by Crippen LogP contribution is 2.36. The van der Waals surface area contributed by atoms with Gasteiger partial charge in [-0.2, -0.15) is 0 Å². The van der Waals surface area contributed by atoms with E-state index >= 15 is 0 Å². The first kappa shape index (κ1) is 31.9. The third-order valence-corrected chi connectivity index (χ3v) is 5.38. The Hall–Kier alpha value is -2.06. The van der Waals surface area contributed by atoms with Crippen molar-refractivity contribution in [2.75, 3.05) is 21.3 Å². The molecule has 0 spiro atoms. The van der Waals surface area contributed by atoms with E-state index in [1.165, 1.54) is 30.7 Å². The van der Waals surface area contributed by atoms with Gasteiger partial charge in [0.2, 0.25) is 0 Å². The number of aliphatic hydroxyl groups is 1. The van der Waals surface area contributed by atoms with Crippen molar-refractivity contribution in [3.8, 4) is 0 Å². The van der Waals surface area contributed by atoms with Gasteiger partial charge < -0.3 is 19.2 Å². The van der Waals surface area contributed by atoms with Crippen LogP contribution in [-0.2, 0) is 20.5 Å². The van der Waals surface area contributed by atoms with E-state index in [0.29, 0.717) is 16.6 Å². The maximum absolute atomic E-state index is 13.2. The molecule has 1 aliphatic rings. The molecule has 1 aliphatic heterocycles. The van der Waals surface area contributed by atoms with Crippen LogP contribution in [0.25, 0.3) is 0 Å². The van der Waals surface area contributed by atoms with Gasteiger partial charge in [0.25, 0.3) is 0 Å². The maximum atomic E-state index is 13.2. The number of ether oxygens (including phenoxy) is 1. The topological polar surface area (TPSA) is 65.0 Å². The van der Waals surface area contributed by atoms with Crippen LogP contribution in [0.1, 0.15) is 76.4 Å². The van der Waals surface area contributed by atoms with Gasteiger partial charge in [0.15, 0.2) is 5.78 Å². The van der Waals surface area contributed by atoms with Crippen LogP contribution in [0.5, 0.6) is 0 Å². The second-order valence-corrected chi connectivity index (χ2v) is 8.81. The molecule has 0 radical (unpaired) electrons. The molecule has 2 aromatic carbocycles. The number of benzene rings is 2. The number of rotatable bonds is 4. The Morgan fingerprint density at radius 2 is 1.38 bits per heavy atom. The molecule has 0 unspecified atom stereocenters. The highest BCUT2D eigenvalue weighted by atomic mass is 19.1. The Labute approximate surface area is 205 Å². The van der Waals surface area contributed by atoms with E-state index in [9.17, 15) is 9.18 Å². The van der Waals surface area contributed by atoms with Crippen LogP contribution >= 0.6 is 0 Å². The number of aryl methyl sites for hydroxylation is 1. The Morgan fingerprint density at radius 3 is 1.79 bits per heavy atom. The van der Waals surface area contributed by atoms with Crippen LogP contribution < -0.4 is 5.46 Å². The fourth-order valence-corrected chi connectivity index (χ4v) is 2.95. The molecule has 0 saturated carbocycles. The summed E-state index contributed by atoms with van der Waals surface area (Å²) in [6.45, 7) is 14.2. The highest BCUT2D eigenvalue weighted by molar-refractivity contribution is 6.64. The van der Waals surface area contributed by atoms with E-state index in [2.05, 4.69) is 18.6 Å². The normalized spacial score (nSPS) is 15.1. The van der Waals surface area contributed by atoms with Gasteiger partial charge in [-0.25, -0.2) is 4.39 Å². The molecule has 0 aliphatic carbocycles. The molecule has 5 nitrogen and oxygen atoms in total. The molecular weight excluding hydrogens is 434 g/mol. The van der Waals surface area contributed by atoms with E-state index < -0.39 is 18.3 Å². The molecule has 3 rings (SSSR count). The van der Waals surface area contributed by atoms with Gasteiger partial charge in [-0.05, 0) is 75.5 Å². The summed E-state index contributed by atoms with van der Waals surface area (Å²) >= 11 is 0. The molecule has 0 atom stereocenters. The zero-order valence-electron chi connectivity index (χ0n) is 22.5. The van der Waals surface area contributed by atoms with Gasteiger partial charge in [0, 0.05) is 32.5 Å². The lowest BCUT2D eigenvalue weighted by molar-refractivity contribution is 0.00578. The molecule has 1 fully saturated rings. The molecule has 1 saturated heterocycles. The molecule has 190 valence electrons. The quantitative estimate of drug-likeness (QED) is 0.485. The Morgan fingerprint density at radius 1 is 0.941 bits per heavy atom. The molecule has 0 bridgehead atoms. The number of carbonyl (C=O) groups excluding carboxylic acids is 1. The van der Waals surface area contributed by atoms with E-state index in [1.807, 2.05) is 52.8 Å². The number of hydrogen-bond acceptors (Lipinski definition) is 5. The summed E-state index contributed by atoms with van der Waals surface area (Å²) in [6, 6.07) is 11.4. The van der Waals surface area contributed by atoms with Gasteiger partial charge in [0.1, 0.15) is 5.82 Å². The van der Waals surface area contributed by atoms with Crippen LogP contribution in [-0.4, -0.2) is 50.5 Å². The summed E-state index contributed by atoms with van der Waals surface area (Å²) in [5.41, 5.74) is 1.76. The SMILES string of the molecule is CCC.CCc1ccc(B2OC(C)(C)C(C)(C)O2)c(C(=O)c2ccc(F)cc2)c1.CO.COC. The predicted molar refractivity (Wildman–Crippen MR) is 138 cm³/mol. The number of methoxy groups -OCH3 is 1.